The van der Waals surface area contributed by atoms with Gasteiger partial charge in [-0.25, -0.2) is 0 Å². The van der Waals surface area contributed by atoms with Crippen LogP contribution in [0.25, 0.3) is 0 Å². The summed E-state index contributed by atoms with van der Waals surface area (Å²) in [5, 5.41) is 11.8. The highest BCUT2D eigenvalue weighted by atomic mass is 16.2. The number of nitrogens with one attached hydrogen (secondary N) is 2. The molecule has 1 aromatic carbocycles. The third kappa shape index (κ3) is 4.56. The molecule has 4 nitrogen and oxygen atoms in total. The van der Waals surface area contributed by atoms with Gasteiger partial charge in [-0.05, 0) is 12.5 Å². The molecule has 0 fully saturated rings. The Morgan fingerprint density at radius 2 is 2.17 bits per heavy atom. The van der Waals surface area contributed by atoms with Crippen LogP contribution in [0, 0.1) is 11.3 Å². The second-order valence-electron chi connectivity index (χ2n) is 4.43. The average Bonchev–Trinajstić information content (AvgIpc) is 2.36. The van der Waals surface area contributed by atoms with Crippen molar-refractivity contribution in [3.8, 4) is 6.07 Å². The minimum Gasteiger partial charge on any atom is -0.351 e. The minimum absolute atomic E-state index is 0.0591. The van der Waals surface area contributed by atoms with E-state index in [0.717, 1.165) is 23.4 Å². The molecule has 0 radical (unpaired) electrons. The van der Waals surface area contributed by atoms with Crippen LogP contribution in [0.2, 0.25) is 0 Å². The number of hydrogen-bond acceptors (Lipinski definition) is 2. The number of carbonyl (C=O) groups excluding carboxylic acids is 1. The molecule has 1 amide bonds. The van der Waals surface area contributed by atoms with Crippen LogP contribution in [-0.2, 0) is 11.3 Å². The fourth-order valence-electron chi connectivity index (χ4n) is 1.77. The van der Waals surface area contributed by atoms with Crippen LogP contribution in [0.5, 0.6) is 0 Å². The number of rotatable bonds is 6. The van der Waals surface area contributed by atoms with E-state index in [9.17, 15) is 4.79 Å². The smallest absolute Gasteiger partial charge is 0.275 e. The SMILES string of the molecule is CCCNC(=O)C[NH+](C)Cc1ccccc1C#N. The third-order valence-electron chi connectivity index (χ3n) is 2.66. The molecule has 0 heterocycles. The summed E-state index contributed by atoms with van der Waals surface area (Å²) in [6.45, 7) is 3.87. The second-order valence-corrected chi connectivity index (χ2v) is 4.43. The maximum atomic E-state index is 11.6. The van der Waals surface area contributed by atoms with Crippen molar-refractivity contribution >= 4 is 5.91 Å². The highest BCUT2D eigenvalue weighted by Gasteiger charge is 2.11. The molecule has 0 aromatic heterocycles. The number of quaternary nitrogens is 1. The summed E-state index contributed by atoms with van der Waals surface area (Å²) in [4.78, 5) is 12.6. The van der Waals surface area contributed by atoms with Crippen LogP contribution in [0.15, 0.2) is 24.3 Å². The topological polar surface area (TPSA) is 57.3 Å². The standard InChI is InChI=1S/C14H19N3O/c1-3-8-16-14(18)11-17(2)10-13-7-5-4-6-12(13)9-15/h4-7H,3,8,10-11H2,1-2H3,(H,16,18)/p+1. The fraction of sp³-hybridized carbons (Fsp3) is 0.429. The van der Waals surface area contributed by atoms with Gasteiger partial charge in [-0.2, -0.15) is 5.26 Å². The van der Waals surface area contributed by atoms with E-state index in [0.29, 0.717) is 18.7 Å². The number of likely N-dealkylation sites (N-methyl/N-ethyl adjacent to an activating group) is 1. The molecule has 0 aliphatic rings. The van der Waals surface area contributed by atoms with Crippen LogP contribution >= 0.6 is 0 Å². The number of benzene rings is 1. The van der Waals surface area contributed by atoms with E-state index in [1.807, 2.05) is 32.2 Å². The summed E-state index contributed by atoms with van der Waals surface area (Å²) in [6.07, 6.45) is 0.946. The van der Waals surface area contributed by atoms with Gasteiger partial charge in [0.05, 0.1) is 18.7 Å². The van der Waals surface area contributed by atoms with Crippen molar-refractivity contribution in [3.05, 3.63) is 35.4 Å². The Hall–Kier alpha value is -1.86. The van der Waals surface area contributed by atoms with Gasteiger partial charge in [0.2, 0.25) is 0 Å². The van der Waals surface area contributed by atoms with E-state index < -0.39 is 0 Å². The summed E-state index contributed by atoms with van der Waals surface area (Å²) in [5.74, 6) is 0.0591. The molecule has 2 N–H and O–H groups in total. The summed E-state index contributed by atoms with van der Waals surface area (Å²) in [6, 6.07) is 9.69. The second kappa shape index (κ2) is 7.46. The van der Waals surface area contributed by atoms with E-state index in [4.69, 9.17) is 5.26 Å². The molecule has 4 heteroatoms. The number of carbonyl (C=O) groups is 1. The molecule has 0 spiro atoms. The van der Waals surface area contributed by atoms with Crippen molar-refractivity contribution in [1.29, 1.82) is 5.26 Å². The summed E-state index contributed by atoms with van der Waals surface area (Å²) in [7, 11) is 1.96. The molecule has 0 aliphatic heterocycles. The number of amides is 1. The van der Waals surface area contributed by atoms with E-state index in [2.05, 4.69) is 11.4 Å². The number of nitriles is 1. The Kier molecular flexibility index (Phi) is 5.89. The first kappa shape index (κ1) is 14.2. The summed E-state index contributed by atoms with van der Waals surface area (Å²) < 4.78 is 0. The fourth-order valence-corrected chi connectivity index (χ4v) is 1.77. The van der Waals surface area contributed by atoms with E-state index in [1.54, 1.807) is 6.07 Å². The zero-order valence-electron chi connectivity index (χ0n) is 11.0. The first-order valence-electron chi connectivity index (χ1n) is 6.23. The van der Waals surface area contributed by atoms with Crippen LogP contribution in [0.3, 0.4) is 0 Å². The van der Waals surface area contributed by atoms with Gasteiger partial charge >= 0.3 is 0 Å². The predicted molar refractivity (Wildman–Crippen MR) is 69.9 cm³/mol. The van der Waals surface area contributed by atoms with Crippen molar-refractivity contribution in [1.82, 2.24) is 5.32 Å². The lowest BCUT2D eigenvalue weighted by atomic mass is 10.1. The number of hydrogen-bond donors (Lipinski definition) is 2. The molecule has 0 aliphatic carbocycles. The van der Waals surface area contributed by atoms with Gasteiger partial charge in [0.15, 0.2) is 6.54 Å². The lowest BCUT2D eigenvalue weighted by Crippen LogP contribution is -3.09. The van der Waals surface area contributed by atoms with Gasteiger partial charge < -0.3 is 10.2 Å². The summed E-state index contributed by atoms with van der Waals surface area (Å²) >= 11 is 0. The van der Waals surface area contributed by atoms with Crippen LogP contribution in [0.1, 0.15) is 24.5 Å². The van der Waals surface area contributed by atoms with Gasteiger partial charge in [-0.1, -0.05) is 25.1 Å². The van der Waals surface area contributed by atoms with Crippen molar-refractivity contribution in [2.45, 2.75) is 19.9 Å². The molecule has 18 heavy (non-hydrogen) atoms. The van der Waals surface area contributed by atoms with Crippen molar-refractivity contribution < 1.29 is 9.69 Å². The van der Waals surface area contributed by atoms with Crippen molar-refractivity contribution in [2.24, 2.45) is 0 Å². The molecular weight excluding hydrogens is 226 g/mol. The van der Waals surface area contributed by atoms with Crippen molar-refractivity contribution in [3.63, 3.8) is 0 Å². The maximum absolute atomic E-state index is 11.6. The Morgan fingerprint density at radius 1 is 1.44 bits per heavy atom. The minimum atomic E-state index is 0.0591. The Balaban J connectivity index is 2.52. The third-order valence-corrected chi connectivity index (χ3v) is 2.66. The quantitative estimate of drug-likeness (QED) is 0.748. The van der Waals surface area contributed by atoms with Gasteiger partial charge in [-0.3, -0.25) is 4.79 Å². The van der Waals surface area contributed by atoms with E-state index >= 15 is 0 Å². The molecule has 96 valence electrons. The number of nitrogens with zero attached hydrogens (tertiary/aromatic N) is 1. The molecule has 0 saturated heterocycles. The molecule has 0 saturated carbocycles. The zero-order valence-corrected chi connectivity index (χ0v) is 11.0. The lowest BCUT2D eigenvalue weighted by molar-refractivity contribution is -0.885. The molecule has 1 rings (SSSR count). The Bertz CT molecular complexity index is 437. The predicted octanol–water partition coefficient (Wildman–Crippen LogP) is 0.0992. The zero-order chi connectivity index (χ0) is 13.4. The molecule has 1 atom stereocenters. The largest absolute Gasteiger partial charge is 0.351 e. The molecular formula is C14H20N3O+. The Morgan fingerprint density at radius 3 is 2.83 bits per heavy atom. The van der Waals surface area contributed by atoms with E-state index in [-0.39, 0.29) is 5.91 Å². The van der Waals surface area contributed by atoms with Gasteiger partial charge in [0, 0.05) is 12.1 Å². The molecule has 1 unspecified atom stereocenters. The Labute approximate surface area is 108 Å². The lowest BCUT2D eigenvalue weighted by Gasteiger charge is -2.14. The van der Waals surface area contributed by atoms with Gasteiger partial charge in [-0.15, -0.1) is 0 Å². The van der Waals surface area contributed by atoms with Crippen LogP contribution in [0.4, 0.5) is 0 Å². The first-order chi connectivity index (χ1) is 8.67. The molecule has 0 bridgehead atoms. The summed E-state index contributed by atoms with van der Waals surface area (Å²) in [5.41, 5.74) is 1.67. The van der Waals surface area contributed by atoms with Crippen molar-refractivity contribution in [2.75, 3.05) is 20.1 Å². The first-order valence-corrected chi connectivity index (χ1v) is 6.23. The maximum Gasteiger partial charge on any atom is 0.275 e. The van der Waals surface area contributed by atoms with Gasteiger partial charge in [0.1, 0.15) is 6.54 Å². The normalized spacial score (nSPS) is 11.6. The average molecular weight is 246 g/mol. The van der Waals surface area contributed by atoms with Crippen LogP contribution in [-0.4, -0.2) is 26.0 Å². The monoisotopic (exact) mass is 246 g/mol. The van der Waals surface area contributed by atoms with Gasteiger partial charge in [0.25, 0.3) is 5.91 Å². The van der Waals surface area contributed by atoms with E-state index in [1.165, 1.54) is 0 Å². The molecule has 1 aromatic rings. The van der Waals surface area contributed by atoms with Crippen LogP contribution < -0.4 is 10.2 Å². The highest BCUT2D eigenvalue weighted by molar-refractivity contribution is 5.76. The highest BCUT2D eigenvalue weighted by Crippen LogP contribution is 2.04.